The summed E-state index contributed by atoms with van der Waals surface area (Å²) in [5.74, 6) is 0.952. The van der Waals surface area contributed by atoms with Gasteiger partial charge in [0.15, 0.2) is 0 Å². The topological polar surface area (TPSA) is 55.5 Å². The highest BCUT2D eigenvalue weighted by Crippen LogP contribution is 2.33. The van der Waals surface area contributed by atoms with Crippen molar-refractivity contribution in [3.05, 3.63) is 42.0 Å². The molecule has 0 aliphatic heterocycles. The lowest BCUT2D eigenvalue weighted by atomic mass is 10.0. The number of hydrogen-bond acceptors (Lipinski definition) is 3. The highest BCUT2D eigenvalue weighted by atomic mass is 16.5. The minimum Gasteiger partial charge on any atom is -0.492 e. The van der Waals surface area contributed by atoms with Crippen LogP contribution in [0.4, 0.5) is 0 Å². The summed E-state index contributed by atoms with van der Waals surface area (Å²) in [4.78, 5) is 0. The first-order valence-corrected chi connectivity index (χ1v) is 6.64. The summed E-state index contributed by atoms with van der Waals surface area (Å²) in [6.45, 7) is 4.52. The predicted molar refractivity (Wildman–Crippen MR) is 78.3 cm³/mol. The number of ether oxygens (including phenoxy) is 1. The lowest BCUT2D eigenvalue weighted by molar-refractivity contribution is 0.174. The number of hydrogen-bond donors (Lipinski definition) is 2. The second-order valence-corrected chi connectivity index (χ2v) is 5.09. The maximum Gasteiger partial charge on any atom is 0.131 e. The second kappa shape index (κ2) is 6.04. The molecular weight excluding hydrogens is 238 g/mol. The molecule has 2 rings (SSSR count). The lowest BCUT2D eigenvalue weighted by Gasteiger charge is -2.18. The van der Waals surface area contributed by atoms with Gasteiger partial charge in [-0.3, -0.25) is 0 Å². The second-order valence-electron chi connectivity index (χ2n) is 5.09. The molecule has 3 heteroatoms. The molecule has 0 aliphatic carbocycles. The number of nitrogens with two attached hydrogens (primary N) is 1. The number of rotatable bonds is 5. The van der Waals surface area contributed by atoms with Crippen LogP contribution in [-0.2, 0) is 0 Å². The summed E-state index contributed by atoms with van der Waals surface area (Å²) in [5.41, 5.74) is 7.02. The molecular formula is C16H21NO2. The molecule has 3 nitrogen and oxygen atoms in total. The Kier molecular flexibility index (Phi) is 4.40. The molecule has 0 fully saturated rings. The molecule has 0 bridgehead atoms. The Morgan fingerprint density at radius 3 is 2.58 bits per heavy atom. The molecule has 0 aromatic heterocycles. The molecule has 0 spiro atoms. The van der Waals surface area contributed by atoms with E-state index in [0.29, 0.717) is 6.61 Å². The van der Waals surface area contributed by atoms with E-state index >= 15 is 0 Å². The summed E-state index contributed by atoms with van der Waals surface area (Å²) in [6, 6.07) is 12.1. The Morgan fingerprint density at radius 1 is 1.16 bits per heavy atom. The molecule has 2 aromatic carbocycles. The van der Waals surface area contributed by atoms with Gasteiger partial charge in [-0.15, -0.1) is 0 Å². The maximum atomic E-state index is 9.10. The van der Waals surface area contributed by atoms with Crippen LogP contribution in [0.5, 0.6) is 5.75 Å². The van der Waals surface area contributed by atoms with Gasteiger partial charge in [0.25, 0.3) is 0 Å². The van der Waals surface area contributed by atoms with Gasteiger partial charge in [0.1, 0.15) is 5.75 Å². The van der Waals surface area contributed by atoms with Gasteiger partial charge in [-0.1, -0.05) is 43.3 Å². The van der Waals surface area contributed by atoms with Crippen LogP contribution in [0, 0.1) is 5.92 Å². The van der Waals surface area contributed by atoms with E-state index in [2.05, 4.69) is 12.1 Å². The standard InChI is InChI=1S/C16H21NO2/c1-11(9-18)10-19-16-14(12(2)17)8-7-13-5-3-4-6-15(13)16/h3-8,11-12,18H,9-10,17H2,1-2H3/t11?,12-/m0/s1. The highest BCUT2D eigenvalue weighted by Gasteiger charge is 2.13. The minimum absolute atomic E-state index is 0.0796. The van der Waals surface area contributed by atoms with Crippen LogP contribution in [0.15, 0.2) is 36.4 Å². The van der Waals surface area contributed by atoms with Crippen LogP contribution in [-0.4, -0.2) is 18.3 Å². The normalized spacial score (nSPS) is 14.3. The van der Waals surface area contributed by atoms with Gasteiger partial charge in [0.2, 0.25) is 0 Å². The minimum atomic E-state index is -0.0796. The van der Waals surface area contributed by atoms with Crippen molar-refractivity contribution in [3.8, 4) is 5.75 Å². The van der Waals surface area contributed by atoms with E-state index in [0.717, 1.165) is 22.1 Å². The third-order valence-corrected chi connectivity index (χ3v) is 3.22. The van der Waals surface area contributed by atoms with Crippen LogP contribution in [0.2, 0.25) is 0 Å². The molecule has 0 saturated carbocycles. The van der Waals surface area contributed by atoms with Crippen LogP contribution in [0.1, 0.15) is 25.5 Å². The Balaban J connectivity index is 2.43. The quantitative estimate of drug-likeness (QED) is 0.868. The number of aliphatic hydroxyl groups is 1. The van der Waals surface area contributed by atoms with Crippen LogP contribution >= 0.6 is 0 Å². The molecule has 0 amide bonds. The third kappa shape index (κ3) is 3.06. The van der Waals surface area contributed by atoms with Crippen molar-refractivity contribution in [2.75, 3.05) is 13.2 Å². The monoisotopic (exact) mass is 259 g/mol. The SMILES string of the molecule is CC(CO)COc1c([C@H](C)N)ccc2ccccc12. The number of aliphatic hydroxyl groups excluding tert-OH is 1. The zero-order valence-corrected chi connectivity index (χ0v) is 11.5. The van der Waals surface area contributed by atoms with E-state index in [4.69, 9.17) is 15.6 Å². The van der Waals surface area contributed by atoms with Gasteiger partial charge in [-0.25, -0.2) is 0 Å². The number of fused-ring (bicyclic) bond motifs is 1. The summed E-state index contributed by atoms with van der Waals surface area (Å²) in [6.07, 6.45) is 0. The molecule has 2 atom stereocenters. The molecule has 1 unspecified atom stereocenters. The third-order valence-electron chi connectivity index (χ3n) is 3.22. The average molecular weight is 259 g/mol. The van der Waals surface area contributed by atoms with Crippen molar-refractivity contribution in [1.82, 2.24) is 0 Å². The van der Waals surface area contributed by atoms with E-state index < -0.39 is 0 Å². The van der Waals surface area contributed by atoms with E-state index in [1.54, 1.807) is 0 Å². The van der Waals surface area contributed by atoms with Gasteiger partial charge in [0.05, 0.1) is 6.61 Å². The van der Waals surface area contributed by atoms with Gasteiger partial charge in [-0.2, -0.15) is 0 Å². The van der Waals surface area contributed by atoms with Crippen molar-refractivity contribution in [1.29, 1.82) is 0 Å². The molecule has 19 heavy (non-hydrogen) atoms. The van der Waals surface area contributed by atoms with E-state index in [-0.39, 0.29) is 18.6 Å². The molecule has 0 saturated heterocycles. The van der Waals surface area contributed by atoms with Gasteiger partial charge in [0, 0.05) is 29.5 Å². The summed E-state index contributed by atoms with van der Waals surface area (Å²) in [5, 5.41) is 11.3. The van der Waals surface area contributed by atoms with Crippen LogP contribution in [0.3, 0.4) is 0 Å². The fourth-order valence-corrected chi connectivity index (χ4v) is 2.06. The largest absolute Gasteiger partial charge is 0.492 e. The first-order chi connectivity index (χ1) is 9.13. The van der Waals surface area contributed by atoms with Gasteiger partial charge in [-0.05, 0) is 12.3 Å². The van der Waals surface area contributed by atoms with Crippen molar-refractivity contribution >= 4 is 10.8 Å². The zero-order valence-electron chi connectivity index (χ0n) is 11.5. The lowest BCUT2D eigenvalue weighted by Crippen LogP contribution is -2.15. The van der Waals surface area contributed by atoms with E-state index in [9.17, 15) is 0 Å². The number of benzene rings is 2. The Labute approximate surface area is 114 Å². The predicted octanol–water partition coefficient (Wildman–Crippen LogP) is 2.87. The highest BCUT2D eigenvalue weighted by molar-refractivity contribution is 5.89. The molecule has 0 aliphatic rings. The molecule has 102 valence electrons. The molecule has 0 heterocycles. The van der Waals surface area contributed by atoms with E-state index in [1.165, 1.54) is 0 Å². The first-order valence-electron chi connectivity index (χ1n) is 6.64. The maximum absolute atomic E-state index is 9.10. The van der Waals surface area contributed by atoms with Crippen molar-refractivity contribution in [2.24, 2.45) is 11.7 Å². The van der Waals surface area contributed by atoms with Crippen LogP contribution in [0.25, 0.3) is 10.8 Å². The zero-order chi connectivity index (χ0) is 13.8. The summed E-state index contributed by atoms with van der Waals surface area (Å²) < 4.78 is 5.92. The van der Waals surface area contributed by atoms with Gasteiger partial charge >= 0.3 is 0 Å². The smallest absolute Gasteiger partial charge is 0.131 e. The Bertz CT molecular complexity index is 551. The summed E-state index contributed by atoms with van der Waals surface area (Å²) >= 11 is 0. The average Bonchev–Trinajstić information content (AvgIpc) is 2.43. The van der Waals surface area contributed by atoms with Crippen molar-refractivity contribution < 1.29 is 9.84 Å². The molecule has 2 aromatic rings. The first kappa shape index (κ1) is 13.8. The Hall–Kier alpha value is -1.58. The fraction of sp³-hybridized carbons (Fsp3) is 0.375. The van der Waals surface area contributed by atoms with Gasteiger partial charge < -0.3 is 15.6 Å². The molecule has 0 radical (unpaired) electrons. The van der Waals surface area contributed by atoms with E-state index in [1.807, 2.05) is 38.1 Å². The van der Waals surface area contributed by atoms with Crippen molar-refractivity contribution in [3.63, 3.8) is 0 Å². The van der Waals surface area contributed by atoms with Crippen LogP contribution < -0.4 is 10.5 Å². The molecule has 3 N–H and O–H groups in total. The fourth-order valence-electron chi connectivity index (χ4n) is 2.06. The van der Waals surface area contributed by atoms with Crippen molar-refractivity contribution in [2.45, 2.75) is 19.9 Å². The summed E-state index contributed by atoms with van der Waals surface area (Å²) in [7, 11) is 0. The Morgan fingerprint density at radius 2 is 1.89 bits per heavy atom.